The van der Waals surface area contributed by atoms with Gasteiger partial charge < -0.3 is 9.64 Å². The normalized spacial score (nSPS) is 10.9. The molecule has 1 heterocycles. The van der Waals surface area contributed by atoms with Crippen LogP contribution in [0.15, 0.2) is 78.0 Å². The largest absolute Gasteiger partial charge is 0.495 e. The number of carbonyl (C=O) groups is 1. The lowest BCUT2D eigenvalue weighted by Gasteiger charge is -2.16. The Bertz CT molecular complexity index is 1280. The van der Waals surface area contributed by atoms with Gasteiger partial charge in [0.15, 0.2) is 11.0 Å². The van der Waals surface area contributed by atoms with Crippen LogP contribution in [0, 0.1) is 6.92 Å². The van der Waals surface area contributed by atoms with Gasteiger partial charge >= 0.3 is 0 Å². The summed E-state index contributed by atoms with van der Waals surface area (Å²) in [4.78, 5) is 14.3. The van der Waals surface area contributed by atoms with Crippen molar-refractivity contribution >= 4 is 17.7 Å². The maximum Gasteiger partial charge on any atom is 0.253 e. The highest BCUT2D eigenvalue weighted by molar-refractivity contribution is 7.98. The van der Waals surface area contributed by atoms with Crippen LogP contribution >= 0.6 is 11.8 Å². The molecule has 3 aromatic carbocycles. The lowest BCUT2D eigenvalue weighted by atomic mass is 10.1. The van der Waals surface area contributed by atoms with E-state index in [1.807, 2.05) is 60.1 Å². The van der Waals surface area contributed by atoms with E-state index in [2.05, 4.69) is 48.3 Å². The second-order valence-corrected chi connectivity index (χ2v) is 9.33. The van der Waals surface area contributed by atoms with Crippen molar-refractivity contribution in [3.05, 3.63) is 89.5 Å². The summed E-state index contributed by atoms with van der Waals surface area (Å²) in [5.41, 5.74) is 4.87. The van der Waals surface area contributed by atoms with Crippen LogP contribution in [0.4, 0.5) is 0 Å². The predicted octanol–water partition coefficient (Wildman–Crippen LogP) is 6.03. The quantitative estimate of drug-likeness (QED) is 0.271. The number of amides is 1. The summed E-state index contributed by atoms with van der Waals surface area (Å²) in [6.45, 7) is 4.88. The summed E-state index contributed by atoms with van der Waals surface area (Å²) < 4.78 is 7.69. The van der Waals surface area contributed by atoms with Crippen molar-refractivity contribution in [2.45, 2.75) is 31.2 Å². The van der Waals surface area contributed by atoms with E-state index in [-0.39, 0.29) is 5.91 Å². The molecule has 0 N–H and O–H groups in total. The van der Waals surface area contributed by atoms with Gasteiger partial charge in [0.1, 0.15) is 5.75 Å². The third-order valence-electron chi connectivity index (χ3n) is 5.74. The molecule has 35 heavy (non-hydrogen) atoms. The zero-order valence-corrected chi connectivity index (χ0v) is 21.4. The first-order valence-electron chi connectivity index (χ1n) is 11.6. The molecule has 7 heteroatoms. The number of aryl methyl sites for hydroxylation is 1. The number of carbonyl (C=O) groups excluding carboxylic acids is 1. The number of para-hydroxylation sites is 2. The Kier molecular flexibility index (Phi) is 7.87. The Hall–Kier alpha value is -3.58. The highest BCUT2D eigenvalue weighted by Crippen LogP contribution is 2.33. The van der Waals surface area contributed by atoms with E-state index in [1.165, 1.54) is 5.56 Å². The monoisotopic (exact) mass is 486 g/mol. The Morgan fingerprint density at radius 2 is 1.71 bits per heavy atom. The van der Waals surface area contributed by atoms with Crippen LogP contribution in [0.3, 0.4) is 0 Å². The van der Waals surface area contributed by atoms with Gasteiger partial charge in [0.05, 0.1) is 12.8 Å². The number of benzene rings is 3. The summed E-state index contributed by atoms with van der Waals surface area (Å²) in [5, 5.41) is 9.84. The van der Waals surface area contributed by atoms with Gasteiger partial charge in [-0.2, -0.15) is 0 Å². The van der Waals surface area contributed by atoms with Crippen molar-refractivity contribution in [1.29, 1.82) is 0 Å². The Morgan fingerprint density at radius 1 is 1.00 bits per heavy atom. The molecule has 0 radical (unpaired) electrons. The van der Waals surface area contributed by atoms with Gasteiger partial charge in [-0.3, -0.25) is 9.36 Å². The van der Waals surface area contributed by atoms with Crippen LogP contribution in [0.5, 0.6) is 5.75 Å². The molecule has 0 spiro atoms. The highest BCUT2D eigenvalue weighted by atomic mass is 32.2. The molecule has 0 aliphatic carbocycles. The van der Waals surface area contributed by atoms with Crippen molar-refractivity contribution in [3.8, 4) is 22.8 Å². The van der Waals surface area contributed by atoms with E-state index >= 15 is 0 Å². The fraction of sp³-hybridized carbons (Fsp3) is 0.250. The van der Waals surface area contributed by atoms with Crippen molar-refractivity contribution in [3.63, 3.8) is 0 Å². The minimum absolute atomic E-state index is 0.0460. The van der Waals surface area contributed by atoms with Crippen molar-refractivity contribution < 1.29 is 9.53 Å². The van der Waals surface area contributed by atoms with Gasteiger partial charge in [0.2, 0.25) is 0 Å². The van der Waals surface area contributed by atoms with E-state index in [9.17, 15) is 4.79 Å². The van der Waals surface area contributed by atoms with Crippen LogP contribution in [0.2, 0.25) is 0 Å². The molecule has 0 fully saturated rings. The maximum atomic E-state index is 12.5. The standard InChI is InChI=1S/C28H30N4O2S/c1-5-18-31(3)27(33)23-16-12-21(13-17-23)19-35-28-30-29-26(22-14-10-20(2)11-15-22)32(28)24-8-6-7-9-25(24)34-4/h6-17H,5,18-19H2,1-4H3. The van der Waals surface area contributed by atoms with Crippen LogP contribution in [-0.4, -0.2) is 46.3 Å². The second kappa shape index (κ2) is 11.2. The number of hydrogen-bond donors (Lipinski definition) is 0. The third kappa shape index (κ3) is 5.57. The number of aromatic nitrogens is 3. The lowest BCUT2D eigenvalue weighted by molar-refractivity contribution is 0.0795. The van der Waals surface area contributed by atoms with Gasteiger partial charge in [-0.05, 0) is 43.2 Å². The van der Waals surface area contributed by atoms with Gasteiger partial charge in [-0.25, -0.2) is 0 Å². The zero-order valence-electron chi connectivity index (χ0n) is 20.6. The second-order valence-electron chi connectivity index (χ2n) is 8.39. The number of thioether (sulfide) groups is 1. The minimum atomic E-state index is 0.0460. The number of ether oxygens (including phenoxy) is 1. The molecule has 0 saturated carbocycles. The molecule has 180 valence electrons. The first kappa shape index (κ1) is 24.5. The highest BCUT2D eigenvalue weighted by Gasteiger charge is 2.19. The van der Waals surface area contributed by atoms with E-state index in [0.29, 0.717) is 11.3 Å². The Balaban J connectivity index is 1.62. The zero-order chi connectivity index (χ0) is 24.8. The molecule has 4 aromatic rings. The molecule has 4 rings (SSSR count). The Morgan fingerprint density at radius 3 is 2.40 bits per heavy atom. The van der Waals surface area contributed by atoms with E-state index < -0.39 is 0 Å². The van der Waals surface area contributed by atoms with Gasteiger partial charge in [0, 0.05) is 30.5 Å². The molecular formula is C28H30N4O2S. The SMILES string of the molecule is CCCN(C)C(=O)c1ccc(CSc2nnc(-c3ccc(C)cc3)n2-c2ccccc2OC)cc1. The van der Waals surface area contributed by atoms with Crippen LogP contribution in [-0.2, 0) is 5.75 Å². The average Bonchev–Trinajstić information content (AvgIpc) is 3.31. The first-order valence-corrected chi connectivity index (χ1v) is 12.6. The van der Waals surface area contributed by atoms with Crippen LogP contribution in [0.25, 0.3) is 17.1 Å². The van der Waals surface area contributed by atoms with Crippen molar-refractivity contribution in [2.75, 3.05) is 20.7 Å². The van der Waals surface area contributed by atoms with E-state index in [0.717, 1.165) is 46.5 Å². The number of nitrogens with zero attached hydrogens (tertiary/aromatic N) is 4. The molecule has 0 bridgehead atoms. The van der Waals surface area contributed by atoms with Crippen molar-refractivity contribution in [1.82, 2.24) is 19.7 Å². The fourth-order valence-electron chi connectivity index (χ4n) is 3.83. The summed E-state index contributed by atoms with van der Waals surface area (Å²) in [5.74, 6) is 2.25. The van der Waals surface area contributed by atoms with Crippen LogP contribution < -0.4 is 4.74 Å². The van der Waals surface area contributed by atoms with E-state index in [1.54, 1.807) is 23.8 Å². The molecule has 0 aliphatic rings. The average molecular weight is 487 g/mol. The molecule has 0 unspecified atom stereocenters. The summed E-state index contributed by atoms with van der Waals surface area (Å²) in [6, 6.07) is 24.0. The number of methoxy groups -OCH3 is 1. The molecule has 6 nitrogen and oxygen atoms in total. The minimum Gasteiger partial charge on any atom is -0.495 e. The smallest absolute Gasteiger partial charge is 0.253 e. The molecule has 0 saturated heterocycles. The molecule has 0 aliphatic heterocycles. The molecular weight excluding hydrogens is 456 g/mol. The molecule has 1 aromatic heterocycles. The molecule has 0 atom stereocenters. The van der Waals surface area contributed by atoms with Crippen LogP contribution in [0.1, 0.15) is 34.8 Å². The first-order chi connectivity index (χ1) is 17.0. The Labute approximate surface area is 211 Å². The summed E-state index contributed by atoms with van der Waals surface area (Å²) in [6.07, 6.45) is 0.939. The fourth-order valence-corrected chi connectivity index (χ4v) is 4.73. The third-order valence-corrected chi connectivity index (χ3v) is 6.74. The topological polar surface area (TPSA) is 60.2 Å². The lowest BCUT2D eigenvalue weighted by Crippen LogP contribution is -2.27. The number of rotatable bonds is 9. The van der Waals surface area contributed by atoms with Gasteiger partial charge in [-0.1, -0.05) is 72.8 Å². The maximum absolute atomic E-state index is 12.5. The summed E-state index contributed by atoms with van der Waals surface area (Å²) >= 11 is 1.60. The van der Waals surface area contributed by atoms with Gasteiger partial charge in [0.25, 0.3) is 5.91 Å². The predicted molar refractivity (Wildman–Crippen MR) is 141 cm³/mol. The molecule has 1 amide bonds. The summed E-state index contributed by atoms with van der Waals surface area (Å²) in [7, 11) is 3.51. The number of hydrogen-bond acceptors (Lipinski definition) is 5. The van der Waals surface area contributed by atoms with Crippen molar-refractivity contribution in [2.24, 2.45) is 0 Å². The van der Waals surface area contributed by atoms with E-state index in [4.69, 9.17) is 4.74 Å². The van der Waals surface area contributed by atoms with Gasteiger partial charge in [-0.15, -0.1) is 10.2 Å².